The predicted octanol–water partition coefficient (Wildman–Crippen LogP) is 5.18. The molecule has 1 aromatic rings. The molecule has 25 heavy (non-hydrogen) atoms. The third-order valence-electron chi connectivity index (χ3n) is 5.86. The van der Waals surface area contributed by atoms with E-state index in [2.05, 4.69) is 6.08 Å². The molecule has 0 amide bonds. The monoisotopic (exact) mass is 352 g/mol. The van der Waals surface area contributed by atoms with E-state index in [0.29, 0.717) is 5.02 Å². The Kier molecular flexibility index (Phi) is 4.24. The second kappa shape index (κ2) is 6.42. The van der Waals surface area contributed by atoms with Crippen molar-refractivity contribution in [2.45, 2.75) is 32.6 Å². The summed E-state index contributed by atoms with van der Waals surface area (Å²) >= 11 is 5.98. The summed E-state index contributed by atoms with van der Waals surface area (Å²) in [6, 6.07) is 7.75. The van der Waals surface area contributed by atoms with Crippen molar-refractivity contribution in [1.82, 2.24) is 0 Å². The molecule has 2 unspecified atom stereocenters. The number of carbonyl (C=O) groups is 2. The minimum atomic E-state index is -0.541. The molecular weight excluding hydrogens is 332 g/mol. The van der Waals surface area contributed by atoms with E-state index in [-0.39, 0.29) is 23.4 Å². The second-order valence-corrected chi connectivity index (χ2v) is 7.82. The third kappa shape index (κ3) is 2.93. The van der Waals surface area contributed by atoms with Gasteiger partial charge >= 0.3 is 0 Å². The van der Waals surface area contributed by atoms with Gasteiger partial charge in [-0.2, -0.15) is 0 Å². The number of rotatable bonds is 2. The minimum Gasteiger partial charge on any atom is -0.298 e. The Morgan fingerprint density at radius 3 is 2.24 bits per heavy atom. The number of fused-ring (bicyclic) bond motifs is 2. The van der Waals surface area contributed by atoms with Gasteiger partial charge < -0.3 is 0 Å². The fourth-order valence-corrected chi connectivity index (χ4v) is 4.51. The largest absolute Gasteiger partial charge is 0.298 e. The summed E-state index contributed by atoms with van der Waals surface area (Å²) in [6.07, 6.45) is 9.49. The molecule has 1 aromatic carbocycles. The first-order valence-corrected chi connectivity index (χ1v) is 9.33. The maximum Gasteiger partial charge on any atom is 0.150 e. The number of carbonyl (C=O) groups excluding carboxylic acids is 2. The van der Waals surface area contributed by atoms with Gasteiger partial charge in [-0.05, 0) is 61.4 Å². The van der Waals surface area contributed by atoms with Gasteiger partial charge in [0.05, 0.1) is 0 Å². The normalized spacial score (nSPS) is 29.0. The topological polar surface area (TPSA) is 34.1 Å². The smallest absolute Gasteiger partial charge is 0.150 e. The van der Waals surface area contributed by atoms with Crippen molar-refractivity contribution in [2.75, 3.05) is 0 Å². The molecular formula is C22H21ClO2. The van der Waals surface area contributed by atoms with Crippen LogP contribution < -0.4 is 0 Å². The van der Waals surface area contributed by atoms with E-state index in [4.69, 9.17) is 11.6 Å². The molecule has 0 saturated heterocycles. The van der Waals surface area contributed by atoms with Gasteiger partial charge in [0.2, 0.25) is 0 Å². The standard InChI is InChI=1S/C22H21ClO2/c1-13-2-3-14(15-6-9-18(23)10-7-15)8-11-19(13)20-21(24)16-4-5-17(12-16)22(20)25/h3,6-11,16-17,20H,2,4-5,12H2,1H3. The number of hydrogen-bond donors (Lipinski definition) is 0. The molecule has 3 heteroatoms. The Hall–Kier alpha value is -1.93. The highest BCUT2D eigenvalue weighted by Gasteiger charge is 2.47. The minimum absolute atomic E-state index is 0.0911. The average molecular weight is 353 g/mol. The van der Waals surface area contributed by atoms with Gasteiger partial charge in [-0.3, -0.25) is 9.59 Å². The van der Waals surface area contributed by atoms with Crippen LogP contribution in [0, 0.1) is 17.8 Å². The van der Waals surface area contributed by atoms with E-state index < -0.39 is 5.92 Å². The summed E-state index contributed by atoms with van der Waals surface area (Å²) in [6.45, 7) is 2.04. The molecule has 128 valence electrons. The lowest BCUT2D eigenvalue weighted by Gasteiger charge is -2.27. The summed E-state index contributed by atoms with van der Waals surface area (Å²) in [5, 5.41) is 0.714. The average Bonchev–Trinajstić information content (AvgIpc) is 2.98. The van der Waals surface area contributed by atoms with Crippen LogP contribution in [0.5, 0.6) is 0 Å². The summed E-state index contributed by atoms with van der Waals surface area (Å²) in [4.78, 5) is 25.6. The van der Waals surface area contributed by atoms with Gasteiger partial charge in [-0.25, -0.2) is 0 Å². The fraction of sp³-hybridized carbons (Fsp3) is 0.364. The molecule has 4 rings (SSSR count). The molecule has 3 aliphatic rings. The lowest BCUT2D eigenvalue weighted by atomic mass is 9.74. The van der Waals surface area contributed by atoms with E-state index >= 15 is 0 Å². The van der Waals surface area contributed by atoms with Gasteiger partial charge in [-0.1, -0.05) is 47.5 Å². The van der Waals surface area contributed by atoms with Gasteiger partial charge in [0.25, 0.3) is 0 Å². The third-order valence-corrected chi connectivity index (χ3v) is 6.11. The molecule has 0 spiro atoms. The van der Waals surface area contributed by atoms with Crippen LogP contribution in [0.2, 0.25) is 5.02 Å². The number of halogens is 1. The van der Waals surface area contributed by atoms with Crippen molar-refractivity contribution in [2.24, 2.45) is 17.8 Å². The lowest BCUT2D eigenvalue weighted by molar-refractivity contribution is -0.137. The Bertz CT molecular complexity index is 804. The van der Waals surface area contributed by atoms with Gasteiger partial charge in [0.1, 0.15) is 5.92 Å². The van der Waals surface area contributed by atoms with Crippen LogP contribution in [0.3, 0.4) is 0 Å². The molecule has 0 radical (unpaired) electrons. The van der Waals surface area contributed by atoms with E-state index in [9.17, 15) is 9.59 Å². The Morgan fingerprint density at radius 2 is 1.60 bits per heavy atom. The van der Waals surface area contributed by atoms with Crippen molar-refractivity contribution in [3.63, 3.8) is 0 Å². The zero-order chi connectivity index (χ0) is 17.6. The van der Waals surface area contributed by atoms with E-state index in [0.717, 1.165) is 48.0 Å². The first-order chi connectivity index (χ1) is 12.0. The van der Waals surface area contributed by atoms with E-state index in [1.54, 1.807) is 0 Å². The second-order valence-electron chi connectivity index (χ2n) is 7.38. The summed E-state index contributed by atoms with van der Waals surface area (Å²) < 4.78 is 0. The molecule has 0 N–H and O–H groups in total. The first kappa shape index (κ1) is 16.5. The molecule has 2 nitrogen and oxygen atoms in total. The Labute approximate surface area is 153 Å². The summed E-state index contributed by atoms with van der Waals surface area (Å²) in [5.74, 6) is -0.0671. The predicted molar refractivity (Wildman–Crippen MR) is 100 cm³/mol. The van der Waals surface area contributed by atoms with Gasteiger partial charge in [0.15, 0.2) is 11.6 Å². The fourth-order valence-electron chi connectivity index (χ4n) is 4.39. The molecule has 3 aliphatic carbocycles. The van der Waals surface area contributed by atoms with Crippen LogP contribution in [0.4, 0.5) is 0 Å². The van der Waals surface area contributed by atoms with Crippen LogP contribution in [0.25, 0.3) is 5.57 Å². The van der Waals surface area contributed by atoms with Crippen molar-refractivity contribution in [3.05, 3.63) is 64.2 Å². The zero-order valence-corrected chi connectivity index (χ0v) is 15.1. The first-order valence-electron chi connectivity index (χ1n) is 8.96. The van der Waals surface area contributed by atoms with Crippen LogP contribution in [-0.2, 0) is 9.59 Å². The molecule has 0 heterocycles. The lowest BCUT2D eigenvalue weighted by Crippen LogP contribution is -2.37. The van der Waals surface area contributed by atoms with Gasteiger partial charge in [0, 0.05) is 16.9 Å². The van der Waals surface area contributed by atoms with Crippen molar-refractivity contribution in [3.8, 4) is 0 Å². The van der Waals surface area contributed by atoms with E-state index in [1.807, 2.05) is 43.3 Å². The van der Waals surface area contributed by atoms with Gasteiger partial charge in [-0.15, -0.1) is 0 Å². The highest BCUT2D eigenvalue weighted by atomic mass is 35.5. The maximum atomic E-state index is 12.8. The molecule has 0 aromatic heterocycles. The molecule has 2 bridgehead atoms. The SMILES string of the molecule is CC1=C(C2C(=O)C3CCC(C3)C2=O)C=CC(c2ccc(Cl)cc2)=CC1. The van der Waals surface area contributed by atoms with Crippen LogP contribution in [0.1, 0.15) is 38.2 Å². The number of Topliss-reactive ketones (excluding diaryl/α,β-unsaturated/α-hetero) is 2. The summed E-state index contributed by atoms with van der Waals surface area (Å²) in [7, 11) is 0. The van der Waals surface area contributed by atoms with Crippen molar-refractivity contribution < 1.29 is 9.59 Å². The Morgan fingerprint density at radius 1 is 0.960 bits per heavy atom. The highest BCUT2D eigenvalue weighted by molar-refractivity contribution is 6.30. The highest BCUT2D eigenvalue weighted by Crippen LogP contribution is 2.44. The number of ketones is 2. The molecule has 2 fully saturated rings. The molecule has 2 atom stereocenters. The number of hydrogen-bond acceptors (Lipinski definition) is 2. The van der Waals surface area contributed by atoms with Crippen molar-refractivity contribution in [1.29, 1.82) is 0 Å². The summed E-state index contributed by atoms with van der Waals surface area (Å²) in [5.41, 5.74) is 4.24. The maximum absolute atomic E-state index is 12.8. The molecule has 0 aliphatic heterocycles. The van der Waals surface area contributed by atoms with Crippen LogP contribution >= 0.6 is 11.6 Å². The number of allylic oxidation sites excluding steroid dienone is 6. The van der Waals surface area contributed by atoms with Crippen LogP contribution in [0.15, 0.2) is 53.6 Å². The quantitative estimate of drug-likeness (QED) is 0.687. The Balaban J connectivity index is 1.65. The number of benzene rings is 1. The van der Waals surface area contributed by atoms with Crippen LogP contribution in [-0.4, -0.2) is 11.6 Å². The zero-order valence-electron chi connectivity index (χ0n) is 14.3. The molecule has 2 saturated carbocycles. The van der Waals surface area contributed by atoms with Crippen molar-refractivity contribution >= 4 is 28.7 Å². The van der Waals surface area contributed by atoms with E-state index in [1.165, 1.54) is 0 Å².